The Labute approximate surface area is 153 Å². The second-order valence-corrected chi connectivity index (χ2v) is 6.82. The zero-order chi connectivity index (χ0) is 18.7. The van der Waals surface area contributed by atoms with Gasteiger partial charge in [0.2, 0.25) is 10.9 Å². The number of aromatic nitrogens is 2. The Kier molecular flexibility index (Phi) is 3.23. The molecular weight excluding hydrogens is 340 g/mol. The fourth-order valence-corrected chi connectivity index (χ4v) is 3.96. The van der Waals surface area contributed by atoms with Crippen LogP contribution in [0.3, 0.4) is 0 Å². The standard InChI is InChI=1S/C22H16N2O3/c1-11-18(13-4-2-3-5-17(13)24-11)20-19(21(26)22(20)27)15-9-23-16-7-6-12(10-25)8-14(15)16/h2-9,23-25H,10H2,1H3. The summed E-state index contributed by atoms with van der Waals surface area (Å²) in [4.78, 5) is 31.5. The number of rotatable bonds is 3. The molecule has 0 saturated carbocycles. The molecule has 5 nitrogen and oxygen atoms in total. The van der Waals surface area contributed by atoms with Crippen LogP contribution in [-0.2, 0) is 6.61 Å². The van der Waals surface area contributed by atoms with Crippen LogP contribution in [0.15, 0.2) is 58.3 Å². The van der Waals surface area contributed by atoms with Gasteiger partial charge in [-0.3, -0.25) is 9.59 Å². The van der Waals surface area contributed by atoms with E-state index in [9.17, 15) is 14.7 Å². The summed E-state index contributed by atoms with van der Waals surface area (Å²) in [7, 11) is 0. The fraction of sp³-hybridized carbons (Fsp3) is 0.0909. The van der Waals surface area contributed by atoms with Gasteiger partial charge in [-0.25, -0.2) is 0 Å². The second-order valence-electron chi connectivity index (χ2n) is 6.82. The van der Waals surface area contributed by atoms with Crippen molar-refractivity contribution in [3.63, 3.8) is 0 Å². The van der Waals surface area contributed by atoms with E-state index in [1.54, 1.807) is 6.20 Å². The van der Waals surface area contributed by atoms with Gasteiger partial charge in [0, 0.05) is 56.0 Å². The van der Waals surface area contributed by atoms with Crippen LogP contribution < -0.4 is 10.9 Å². The molecule has 27 heavy (non-hydrogen) atoms. The number of aromatic amines is 2. The molecule has 3 N–H and O–H groups in total. The lowest BCUT2D eigenvalue weighted by Gasteiger charge is -2.11. The highest BCUT2D eigenvalue weighted by Gasteiger charge is 2.28. The Morgan fingerprint density at radius 1 is 0.889 bits per heavy atom. The van der Waals surface area contributed by atoms with Crippen molar-refractivity contribution in [2.24, 2.45) is 0 Å². The number of para-hydroxylation sites is 1. The second kappa shape index (κ2) is 5.53. The quantitative estimate of drug-likeness (QED) is 0.433. The van der Waals surface area contributed by atoms with E-state index in [4.69, 9.17) is 0 Å². The van der Waals surface area contributed by atoms with Gasteiger partial charge in [-0.05, 0) is 30.7 Å². The van der Waals surface area contributed by atoms with E-state index in [1.165, 1.54) is 0 Å². The molecule has 5 rings (SSSR count). The summed E-state index contributed by atoms with van der Waals surface area (Å²) >= 11 is 0. The molecule has 0 radical (unpaired) electrons. The first-order valence-corrected chi connectivity index (χ1v) is 8.72. The average molecular weight is 356 g/mol. The largest absolute Gasteiger partial charge is 0.392 e. The van der Waals surface area contributed by atoms with Crippen molar-refractivity contribution in [1.82, 2.24) is 9.97 Å². The van der Waals surface area contributed by atoms with Gasteiger partial charge in [-0.15, -0.1) is 0 Å². The lowest BCUT2D eigenvalue weighted by Crippen LogP contribution is -2.35. The van der Waals surface area contributed by atoms with Crippen LogP contribution >= 0.6 is 0 Å². The summed E-state index contributed by atoms with van der Waals surface area (Å²) in [5, 5.41) is 11.2. The number of H-pyrrole nitrogens is 2. The van der Waals surface area contributed by atoms with Gasteiger partial charge in [0.1, 0.15) is 0 Å². The molecule has 0 amide bonds. The van der Waals surface area contributed by atoms with Gasteiger partial charge in [-0.2, -0.15) is 0 Å². The predicted octanol–water partition coefficient (Wildman–Crippen LogP) is 3.38. The van der Waals surface area contributed by atoms with Gasteiger partial charge >= 0.3 is 0 Å². The van der Waals surface area contributed by atoms with Crippen LogP contribution in [0.1, 0.15) is 11.3 Å². The molecule has 0 bridgehead atoms. The first-order valence-electron chi connectivity index (χ1n) is 8.72. The maximum atomic E-state index is 12.5. The van der Waals surface area contributed by atoms with E-state index in [2.05, 4.69) is 9.97 Å². The van der Waals surface area contributed by atoms with Crippen molar-refractivity contribution >= 4 is 21.8 Å². The summed E-state index contributed by atoms with van der Waals surface area (Å²) in [6.07, 6.45) is 1.76. The Morgan fingerprint density at radius 2 is 1.67 bits per heavy atom. The lowest BCUT2D eigenvalue weighted by atomic mass is 9.87. The van der Waals surface area contributed by atoms with Crippen LogP contribution in [-0.4, -0.2) is 15.1 Å². The zero-order valence-electron chi connectivity index (χ0n) is 14.6. The van der Waals surface area contributed by atoms with Gasteiger partial charge in [0.15, 0.2) is 0 Å². The predicted molar refractivity (Wildman–Crippen MR) is 107 cm³/mol. The number of aryl methyl sites for hydroxylation is 1. The molecule has 0 aliphatic heterocycles. The molecule has 0 spiro atoms. The van der Waals surface area contributed by atoms with Gasteiger partial charge in [0.05, 0.1) is 6.61 Å². The Hall–Kier alpha value is -3.44. The molecule has 132 valence electrons. The fourth-order valence-electron chi connectivity index (χ4n) is 3.96. The van der Waals surface area contributed by atoms with Gasteiger partial charge in [0.25, 0.3) is 0 Å². The molecule has 0 aliphatic rings. The maximum Gasteiger partial charge on any atom is 0.235 e. The maximum absolute atomic E-state index is 12.5. The monoisotopic (exact) mass is 356 g/mol. The number of hydrogen-bond acceptors (Lipinski definition) is 3. The van der Waals surface area contributed by atoms with Crippen molar-refractivity contribution in [2.75, 3.05) is 0 Å². The van der Waals surface area contributed by atoms with E-state index >= 15 is 0 Å². The number of aliphatic hydroxyl groups is 1. The summed E-state index contributed by atoms with van der Waals surface area (Å²) in [6.45, 7) is 1.83. The highest BCUT2D eigenvalue weighted by Crippen LogP contribution is 2.38. The van der Waals surface area contributed by atoms with E-state index < -0.39 is 10.9 Å². The number of fused-ring (bicyclic) bond motifs is 2. The van der Waals surface area contributed by atoms with Crippen molar-refractivity contribution < 1.29 is 5.11 Å². The Morgan fingerprint density at radius 3 is 2.48 bits per heavy atom. The summed E-state index contributed by atoms with van der Waals surface area (Å²) in [5.41, 5.74) is 4.88. The van der Waals surface area contributed by atoms with E-state index in [0.717, 1.165) is 38.6 Å². The minimum atomic E-state index is -0.468. The van der Waals surface area contributed by atoms with Crippen molar-refractivity contribution in [2.45, 2.75) is 13.5 Å². The third-order valence-corrected chi connectivity index (χ3v) is 5.25. The molecule has 0 saturated heterocycles. The molecule has 0 unspecified atom stereocenters. The first kappa shape index (κ1) is 15.8. The highest BCUT2D eigenvalue weighted by atomic mass is 16.3. The number of nitrogens with one attached hydrogen (secondary N) is 2. The van der Waals surface area contributed by atoms with E-state index in [0.29, 0.717) is 16.7 Å². The molecule has 2 aromatic heterocycles. The third kappa shape index (κ3) is 2.09. The normalized spacial score (nSPS) is 11.8. The van der Waals surface area contributed by atoms with Crippen LogP contribution in [0.25, 0.3) is 44.1 Å². The molecule has 3 aromatic carbocycles. The van der Waals surface area contributed by atoms with Crippen LogP contribution in [0.4, 0.5) is 0 Å². The van der Waals surface area contributed by atoms with E-state index in [-0.39, 0.29) is 6.61 Å². The molecule has 5 heteroatoms. The van der Waals surface area contributed by atoms with Crippen LogP contribution in [0.5, 0.6) is 0 Å². The molecule has 0 atom stereocenters. The van der Waals surface area contributed by atoms with Crippen LogP contribution in [0.2, 0.25) is 0 Å². The molecular formula is C22H16N2O3. The summed E-state index contributed by atoms with van der Waals surface area (Å²) < 4.78 is 0. The number of aliphatic hydroxyl groups excluding tert-OH is 1. The topological polar surface area (TPSA) is 85.9 Å². The summed E-state index contributed by atoms with van der Waals surface area (Å²) in [6, 6.07) is 13.3. The number of benzene rings is 2. The number of hydrogen-bond donors (Lipinski definition) is 3. The molecule has 2 heterocycles. The lowest BCUT2D eigenvalue weighted by molar-refractivity contribution is 0.282. The Bertz CT molecular complexity index is 1410. The van der Waals surface area contributed by atoms with Crippen molar-refractivity contribution in [3.05, 3.63) is 80.4 Å². The van der Waals surface area contributed by atoms with Crippen molar-refractivity contribution in [3.8, 4) is 22.3 Å². The first-order chi connectivity index (χ1) is 13.1. The molecule has 0 fully saturated rings. The minimum absolute atomic E-state index is 0.0824. The highest BCUT2D eigenvalue weighted by molar-refractivity contribution is 6.06. The minimum Gasteiger partial charge on any atom is -0.392 e. The third-order valence-electron chi connectivity index (χ3n) is 5.25. The Balaban J connectivity index is 1.82. The van der Waals surface area contributed by atoms with Crippen molar-refractivity contribution in [1.29, 1.82) is 0 Å². The van der Waals surface area contributed by atoms with Gasteiger partial charge in [-0.1, -0.05) is 24.3 Å². The van der Waals surface area contributed by atoms with Gasteiger partial charge < -0.3 is 15.1 Å². The molecule has 5 aromatic rings. The zero-order valence-corrected chi connectivity index (χ0v) is 14.6. The average Bonchev–Trinajstić information content (AvgIpc) is 3.24. The molecule has 0 aliphatic carbocycles. The SMILES string of the molecule is Cc1[nH]c2ccccc2c1-c1c(-c2c[nH]c3ccc(CO)cc23)c(=O)c1=O. The van der Waals surface area contributed by atoms with E-state index in [1.807, 2.05) is 49.4 Å². The summed E-state index contributed by atoms with van der Waals surface area (Å²) in [5.74, 6) is 0. The smallest absolute Gasteiger partial charge is 0.235 e. The van der Waals surface area contributed by atoms with Crippen LogP contribution in [0, 0.1) is 6.92 Å².